The molecule has 2 atom stereocenters. The van der Waals surface area contributed by atoms with Crippen LogP contribution in [0.1, 0.15) is 32.6 Å². The van der Waals surface area contributed by atoms with Gasteiger partial charge in [0.2, 0.25) is 5.91 Å². The maximum atomic E-state index is 12.5. The zero-order valence-electron chi connectivity index (χ0n) is 13.5. The normalized spacial score (nSPS) is 22.0. The summed E-state index contributed by atoms with van der Waals surface area (Å²) in [5.74, 6) is 0.678. The van der Waals surface area contributed by atoms with Crippen molar-refractivity contribution in [2.24, 2.45) is 11.7 Å². The fraction of sp³-hybridized carbons (Fsp3) is 0.706. The van der Waals surface area contributed by atoms with Crippen LogP contribution in [0.15, 0.2) is 25.3 Å². The number of hydrogen-bond acceptors (Lipinski definition) is 3. The van der Waals surface area contributed by atoms with Crippen molar-refractivity contribution in [3.05, 3.63) is 25.3 Å². The lowest BCUT2D eigenvalue weighted by Gasteiger charge is -2.39. The fourth-order valence-electron chi connectivity index (χ4n) is 3.27. The molecule has 0 aromatic heterocycles. The van der Waals surface area contributed by atoms with Gasteiger partial charge < -0.3 is 10.6 Å². The molecule has 0 aromatic carbocycles. The quantitative estimate of drug-likeness (QED) is 0.662. The summed E-state index contributed by atoms with van der Waals surface area (Å²) in [5.41, 5.74) is 5.92. The molecule has 4 heteroatoms. The molecule has 0 spiro atoms. The van der Waals surface area contributed by atoms with E-state index >= 15 is 0 Å². The van der Waals surface area contributed by atoms with Gasteiger partial charge in [-0.15, -0.1) is 13.2 Å². The maximum Gasteiger partial charge on any atom is 0.237 e. The lowest BCUT2D eigenvalue weighted by Crippen LogP contribution is -2.49. The minimum absolute atomic E-state index is 0.151. The molecule has 0 heterocycles. The highest BCUT2D eigenvalue weighted by molar-refractivity contribution is 5.78. The van der Waals surface area contributed by atoms with Crippen molar-refractivity contribution in [1.82, 2.24) is 9.80 Å². The third-order valence-corrected chi connectivity index (χ3v) is 4.44. The number of nitrogens with zero attached hydrogens (tertiary/aromatic N) is 2. The van der Waals surface area contributed by atoms with Gasteiger partial charge in [0.1, 0.15) is 0 Å². The Bertz CT molecular complexity index is 333. The van der Waals surface area contributed by atoms with Crippen LogP contribution in [0, 0.1) is 5.92 Å². The van der Waals surface area contributed by atoms with Gasteiger partial charge in [0.15, 0.2) is 0 Å². The van der Waals surface area contributed by atoms with E-state index in [0.29, 0.717) is 31.6 Å². The van der Waals surface area contributed by atoms with E-state index in [1.54, 1.807) is 17.1 Å². The standard InChI is InChI=1S/C17H31N3O/c1-4-11-20(12-5-2)17(21)14-19(6-3)16-10-8-7-9-15(16)13-18/h4-5,15-16H,1-2,6-14,18H2,3H3. The Labute approximate surface area is 129 Å². The van der Waals surface area contributed by atoms with Gasteiger partial charge >= 0.3 is 0 Å². The van der Waals surface area contributed by atoms with Gasteiger partial charge in [-0.1, -0.05) is 31.9 Å². The summed E-state index contributed by atoms with van der Waals surface area (Å²) in [6, 6.07) is 0.451. The first-order valence-corrected chi connectivity index (χ1v) is 8.11. The van der Waals surface area contributed by atoms with Crippen LogP contribution in [0.3, 0.4) is 0 Å². The summed E-state index contributed by atoms with van der Waals surface area (Å²) >= 11 is 0. The lowest BCUT2D eigenvalue weighted by molar-refractivity contribution is -0.132. The Balaban J connectivity index is 2.68. The zero-order chi connectivity index (χ0) is 15.7. The summed E-state index contributed by atoms with van der Waals surface area (Å²) < 4.78 is 0. The number of carbonyl (C=O) groups excluding carboxylic acids is 1. The zero-order valence-corrected chi connectivity index (χ0v) is 13.5. The second-order valence-electron chi connectivity index (χ2n) is 5.79. The number of likely N-dealkylation sites (N-methyl/N-ethyl adjacent to an activating group) is 1. The molecular weight excluding hydrogens is 262 g/mol. The summed E-state index contributed by atoms with van der Waals surface area (Å²) in [7, 11) is 0. The summed E-state index contributed by atoms with van der Waals surface area (Å²) in [5, 5.41) is 0. The molecule has 21 heavy (non-hydrogen) atoms. The average Bonchev–Trinajstić information content (AvgIpc) is 2.52. The highest BCUT2D eigenvalue weighted by Crippen LogP contribution is 2.27. The summed E-state index contributed by atoms with van der Waals surface area (Å²) in [6.07, 6.45) is 8.39. The van der Waals surface area contributed by atoms with Crippen LogP contribution < -0.4 is 5.73 Å². The molecule has 0 aliphatic heterocycles. The topological polar surface area (TPSA) is 49.6 Å². The largest absolute Gasteiger partial charge is 0.334 e. The van der Waals surface area contributed by atoms with E-state index in [-0.39, 0.29) is 5.91 Å². The number of nitrogens with two attached hydrogens (primary N) is 1. The van der Waals surface area contributed by atoms with Gasteiger partial charge in [0, 0.05) is 19.1 Å². The van der Waals surface area contributed by atoms with E-state index in [2.05, 4.69) is 25.0 Å². The van der Waals surface area contributed by atoms with Crippen molar-refractivity contribution >= 4 is 5.91 Å². The summed E-state index contributed by atoms with van der Waals surface area (Å²) in [6.45, 7) is 12.8. The number of carbonyl (C=O) groups is 1. The van der Waals surface area contributed by atoms with E-state index < -0.39 is 0 Å². The molecule has 0 bridgehead atoms. The molecule has 1 aliphatic carbocycles. The molecule has 1 fully saturated rings. The van der Waals surface area contributed by atoms with Gasteiger partial charge in [0.05, 0.1) is 6.54 Å². The Kier molecular flexibility index (Phi) is 8.31. The average molecular weight is 293 g/mol. The number of hydrogen-bond donors (Lipinski definition) is 1. The van der Waals surface area contributed by atoms with Crippen LogP contribution in [0.5, 0.6) is 0 Å². The number of amides is 1. The van der Waals surface area contributed by atoms with Gasteiger partial charge in [0.25, 0.3) is 0 Å². The third kappa shape index (κ3) is 5.29. The smallest absolute Gasteiger partial charge is 0.237 e. The van der Waals surface area contributed by atoms with Crippen molar-refractivity contribution in [2.45, 2.75) is 38.6 Å². The molecule has 0 aromatic rings. The molecule has 1 rings (SSSR count). The predicted molar refractivity (Wildman–Crippen MR) is 89.0 cm³/mol. The van der Waals surface area contributed by atoms with Crippen LogP contribution in [-0.2, 0) is 4.79 Å². The molecule has 1 aliphatic rings. The van der Waals surface area contributed by atoms with Crippen LogP contribution >= 0.6 is 0 Å². The van der Waals surface area contributed by atoms with Crippen molar-refractivity contribution < 1.29 is 4.79 Å². The minimum atomic E-state index is 0.151. The van der Waals surface area contributed by atoms with Gasteiger partial charge in [-0.3, -0.25) is 9.69 Å². The van der Waals surface area contributed by atoms with E-state index in [0.717, 1.165) is 19.5 Å². The molecular formula is C17H31N3O. The van der Waals surface area contributed by atoms with Crippen molar-refractivity contribution in [3.8, 4) is 0 Å². The van der Waals surface area contributed by atoms with E-state index in [1.165, 1.54) is 19.3 Å². The van der Waals surface area contributed by atoms with Gasteiger partial charge in [-0.05, 0) is 31.8 Å². The molecule has 120 valence electrons. The summed E-state index contributed by atoms with van der Waals surface area (Å²) in [4.78, 5) is 16.6. The first-order valence-electron chi connectivity index (χ1n) is 8.11. The van der Waals surface area contributed by atoms with Crippen molar-refractivity contribution in [1.29, 1.82) is 0 Å². The molecule has 1 amide bonds. The van der Waals surface area contributed by atoms with E-state index in [4.69, 9.17) is 5.73 Å². The van der Waals surface area contributed by atoms with Crippen LogP contribution in [0.25, 0.3) is 0 Å². The van der Waals surface area contributed by atoms with Crippen LogP contribution in [0.2, 0.25) is 0 Å². The lowest BCUT2D eigenvalue weighted by atomic mass is 9.83. The minimum Gasteiger partial charge on any atom is -0.334 e. The predicted octanol–water partition coefficient (Wildman–Crippen LogP) is 2.03. The molecule has 0 saturated heterocycles. The van der Waals surface area contributed by atoms with Gasteiger partial charge in [-0.25, -0.2) is 0 Å². The SMILES string of the molecule is C=CCN(CC=C)C(=O)CN(CC)C1CCCCC1CN. The molecule has 2 unspecified atom stereocenters. The van der Waals surface area contributed by atoms with Crippen LogP contribution in [-0.4, -0.2) is 54.5 Å². The highest BCUT2D eigenvalue weighted by Gasteiger charge is 2.30. The maximum absolute atomic E-state index is 12.5. The first-order chi connectivity index (χ1) is 10.2. The molecule has 1 saturated carbocycles. The Morgan fingerprint density at radius 3 is 2.38 bits per heavy atom. The highest BCUT2D eigenvalue weighted by atomic mass is 16.2. The third-order valence-electron chi connectivity index (χ3n) is 4.44. The number of rotatable bonds is 9. The fourth-order valence-corrected chi connectivity index (χ4v) is 3.27. The van der Waals surface area contributed by atoms with E-state index in [9.17, 15) is 4.79 Å². The Morgan fingerprint density at radius 2 is 1.86 bits per heavy atom. The van der Waals surface area contributed by atoms with E-state index in [1.807, 2.05) is 0 Å². The first kappa shape index (κ1) is 17.9. The second-order valence-corrected chi connectivity index (χ2v) is 5.79. The van der Waals surface area contributed by atoms with Crippen molar-refractivity contribution in [3.63, 3.8) is 0 Å². The monoisotopic (exact) mass is 293 g/mol. The second kappa shape index (κ2) is 9.74. The van der Waals surface area contributed by atoms with Gasteiger partial charge in [-0.2, -0.15) is 0 Å². The molecule has 0 radical (unpaired) electrons. The molecule has 2 N–H and O–H groups in total. The Hall–Kier alpha value is -1.13. The molecule has 4 nitrogen and oxygen atoms in total. The van der Waals surface area contributed by atoms with Crippen molar-refractivity contribution in [2.75, 3.05) is 32.7 Å². The van der Waals surface area contributed by atoms with Crippen LogP contribution in [0.4, 0.5) is 0 Å². The Morgan fingerprint density at radius 1 is 1.24 bits per heavy atom.